The van der Waals surface area contributed by atoms with Crippen LogP contribution in [0.3, 0.4) is 0 Å². The molecule has 1 atom stereocenters. The number of anilines is 1. The zero-order valence-electron chi connectivity index (χ0n) is 11.9. The summed E-state index contributed by atoms with van der Waals surface area (Å²) in [6.45, 7) is 2.44. The molecule has 1 unspecified atom stereocenters. The molecule has 0 amide bonds. The number of ether oxygens (including phenoxy) is 1. The molecular weight excluding hydrogens is 398 g/mol. The highest BCUT2D eigenvalue weighted by Gasteiger charge is 2.11. The van der Waals surface area contributed by atoms with Crippen molar-refractivity contribution in [1.29, 1.82) is 0 Å². The van der Waals surface area contributed by atoms with Crippen molar-refractivity contribution in [3.05, 3.63) is 56.5 Å². The Bertz CT molecular complexity index is 608. The lowest BCUT2D eigenvalue weighted by Crippen LogP contribution is -2.13. The number of methoxy groups -OCH3 is 1. The maximum Gasteiger partial charge on any atom is 0.119 e. The molecule has 3 nitrogen and oxygen atoms in total. The van der Waals surface area contributed by atoms with Crippen LogP contribution in [0.25, 0.3) is 0 Å². The van der Waals surface area contributed by atoms with E-state index in [4.69, 9.17) is 4.74 Å². The third kappa shape index (κ3) is 4.22. The highest BCUT2D eigenvalue weighted by atomic mass is 79.9. The minimum Gasteiger partial charge on any atom is -0.497 e. The van der Waals surface area contributed by atoms with Crippen molar-refractivity contribution in [2.24, 2.45) is 0 Å². The van der Waals surface area contributed by atoms with Gasteiger partial charge in [0.25, 0.3) is 0 Å². The van der Waals surface area contributed by atoms with Crippen molar-refractivity contribution >= 4 is 37.5 Å². The van der Waals surface area contributed by atoms with Crippen molar-refractivity contribution in [3.63, 3.8) is 0 Å². The third-order valence-corrected chi connectivity index (χ3v) is 4.39. The quantitative estimate of drug-likeness (QED) is 0.746. The molecule has 0 aliphatic rings. The number of hydrogen-bond acceptors (Lipinski definition) is 3. The number of hydrogen-bond donors (Lipinski definition) is 2. The van der Waals surface area contributed by atoms with E-state index in [1.807, 2.05) is 43.3 Å². The molecule has 0 aliphatic carbocycles. The number of benzene rings is 2. The summed E-state index contributed by atoms with van der Waals surface area (Å²) in [7, 11) is 1.62. The summed E-state index contributed by atoms with van der Waals surface area (Å²) in [5.41, 5.74) is 2.91. The first-order valence-electron chi connectivity index (χ1n) is 6.53. The smallest absolute Gasteiger partial charge is 0.119 e. The Morgan fingerprint density at radius 1 is 1.19 bits per heavy atom. The summed E-state index contributed by atoms with van der Waals surface area (Å²) >= 11 is 7.07. The van der Waals surface area contributed by atoms with Crippen molar-refractivity contribution in [2.75, 3.05) is 19.0 Å². The van der Waals surface area contributed by atoms with Crippen LogP contribution in [0.4, 0.5) is 5.69 Å². The van der Waals surface area contributed by atoms with E-state index in [0.29, 0.717) is 6.54 Å². The lowest BCUT2D eigenvalue weighted by molar-refractivity contribution is 0.191. The molecule has 112 valence electrons. The Morgan fingerprint density at radius 2 is 1.86 bits per heavy atom. The number of aryl methyl sites for hydroxylation is 1. The van der Waals surface area contributed by atoms with Gasteiger partial charge in [0.05, 0.1) is 18.9 Å². The fourth-order valence-electron chi connectivity index (χ4n) is 2.03. The van der Waals surface area contributed by atoms with E-state index in [0.717, 1.165) is 31.5 Å². The van der Waals surface area contributed by atoms with Gasteiger partial charge >= 0.3 is 0 Å². The van der Waals surface area contributed by atoms with E-state index in [2.05, 4.69) is 37.2 Å². The summed E-state index contributed by atoms with van der Waals surface area (Å²) in [6, 6.07) is 11.5. The molecule has 0 saturated carbocycles. The highest BCUT2D eigenvalue weighted by Crippen LogP contribution is 2.32. The molecule has 0 saturated heterocycles. The van der Waals surface area contributed by atoms with Gasteiger partial charge in [0.15, 0.2) is 0 Å². The zero-order chi connectivity index (χ0) is 15.4. The normalized spacial score (nSPS) is 12.0. The second-order valence-electron chi connectivity index (χ2n) is 4.78. The summed E-state index contributed by atoms with van der Waals surface area (Å²) in [5, 5.41) is 13.5. The van der Waals surface area contributed by atoms with Gasteiger partial charge < -0.3 is 15.2 Å². The largest absolute Gasteiger partial charge is 0.497 e. The van der Waals surface area contributed by atoms with Crippen LogP contribution < -0.4 is 10.1 Å². The number of aliphatic hydroxyl groups excluding tert-OH is 1. The van der Waals surface area contributed by atoms with E-state index in [-0.39, 0.29) is 0 Å². The molecule has 2 N–H and O–H groups in total. The van der Waals surface area contributed by atoms with Crippen LogP contribution in [0, 0.1) is 6.92 Å². The van der Waals surface area contributed by atoms with E-state index in [1.165, 1.54) is 0 Å². The van der Waals surface area contributed by atoms with Crippen molar-refractivity contribution in [1.82, 2.24) is 0 Å². The van der Waals surface area contributed by atoms with Gasteiger partial charge in [0.1, 0.15) is 5.75 Å². The van der Waals surface area contributed by atoms with Crippen molar-refractivity contribution < 1.29 is 9.84 Å². The van der Waals surface area contributed by atoms with Crippen molar-refractivity contribution in [3.8, 4) is 5.75 Å². The predicted molar refractivity (Wildman–Crippen MR) is 93.0 cm³/mol. The van der Waals surface area contributed by atoms with Crippen LogP contribution in [-0.4, -0.2) is 18.8 Å². The van der Waals surface area contributed by atoms with Crippen LogP contribution in [0.1, 0.15) is 17.2 Å². The fourth-order valence-corrected chi connectivity index (χ4v) is 3.73. The average molecular weight is 415 g/mol. The monoisotopic (exact) mass is 413 g/mol. The Kier molecular flexibility index (Phi) is 5.67. The van der Waals surface area contributed by atoms with E-state index < -0.39 is 6.10 Å². The van der Waals surface area contributed by atoms with Gasteiger partial charge in [-0.1, -0.05) is 12.1 Å². The molecule has 2 aromatic rings. The number of rotatable bonds is 5. The van der Waals surface area contributed by atoms with E-state index in [1.54, 1.807) is 7.11 Å². The van der Waals surface area contributed by atoms with Gasteiger partial charge in [-0.3, -0.25) is 0 Å². The van der Waals surface area contributed by atoms with Gasteiger partial charge in [-0.15, -0.1) is 0 Å². The van der Waals surface area contributed by atoms with Gasteiger partial charge in [-0.25, -0.2) is 0 Å². The Balaban J connectivity index is 2.09. The van der Waals surface area contributed by atoms with E-state index in [9.17, 15) is 5.11 Å². The minimum atomic E-state index is -0.611. The van der Waals surface area contributed by atoms with Gasteiger partial charge in [-0.2, -0.15) is 0 Å². The minimum absolute atomic E-state index is 0.410. The lowest BCUT2D eigenvalue weighted by Gasteiger charge is -2.16. The molecule has 2 rings (SSSR count). The summed E-state index contributed by atoms with van der Waals surface area (Å²) in [5.74, 6) is 0.740. The molecule has 0 aliphatic heterocycles. The average Bonchev–Trinajstić information content (AvgIpc) is 2.46. The molecule has 2 aromatic carbocycles. The second-order valence-corrected chi connectivity index (χ2v) is 6.49. The third-order valence-electron chi connectivity index (χ3n) is 3.14. The molecule has 0 heterocycles. The van der Waals surface area contributed by atoms with E-state index >= 15 is 0 Å². The zero-order valence-corrected chi connectivity index (χ0v) is 15.0. The first-order valence-corrected chi connectivity index (χ1v) is 8.11. The molecule has 0 fully saturated rings. The molecule has 0 radical (unpaired) electrons. The Hall–Kier alpha value is -1.04. The number of nitrogens with one attached hydrogen (secondary N) is 1. The first-order chi connectivity index (χ1) is 10.0. The van der Waals surface area contributed by atoms with Crippen LogP contribution >= 0.6 is 31.9 Å². The summed E-state index contributed by atoms with van der Waals surface area (Å²) in [4.78, 5) is 0. The Labute approximate surface area is 141 Å². The van der Waals surface area contributed by atoms with Crippen LogP contribution in [0.15, 0.2) is 45.3 Å². The predicted octanol–water partition coefficient (Wildman–Crippen LogP) is 4.67. The van der Waals surface area contributed by atoms with Crippen LogP contribution in [-0.2, 0) is 0 Å². The van der Waals surface area contributed by atoms with Gasteiger partial charge in [-0.05, 0) is 74.2 Å². The molecule has 0 spiro atoms. The van der Waals surface area contributed by atoms with Crippen LogP contribution in [0.2, 0.25) is 0 Å². The number of aliphatic hydroxyl groups is 1. The molecule has 21 heavy (non-hydrogen) atoms. The van der Waals surface area contributed by atoms with Crippen LogP contribution in [0.5, 0.6) is 5.75 Å². The molecule has 5 heteroatoms. The SMILES string of the molecule is COc1cccc(C(O)CNc2c(Br)cc(C)cc2Br)c1. The molecular formula is C16H17Br2NO2. The highest BCUT2D eigenvalue weighted by molar-refractivity contribution is 9.11. The molecule has 0 aromatic heterocycles. The Morgan fingerprint density at radius 3 is 2.48 bits per heavy atom. The topological polar surface area (TPSA) is 41.5 Å². The maximum absolute atomic E-state index is 10.3. The number of halogens is 2. The fraction of sp³-hybridized carbons (Fsp3) is 0.250. The standard InChI is InChI=1S/C16H17Br2NO2/c1-10-6-13(17)16(14(18)7-10)19-9-15(20)11-4-3-5-12(8-11)21-2/h3-8,15,19-20H,9H2,1-2H3. The van der Waals surface area contributed by atoms with Gasteiger partial charge in [0, 0.05) is 15.5 Å². The first kappa shape index (κ1) is 16.3. The maximum atomic E-state index is 10.3. The van der Waals surface area contributed by atoms with Gasteiger partial charge in [0.2, 0.25) is 0 Å². The molecule has 0 bridgehead atoms. The van der Waals surface area contributed by atoms with Crippen molar-refractivity contribution in [2.45, 2.75) is 13.0 Å². The summed E-state index contributed by atoms with van der Waals surface area (Å²) in [6.07, 6.45) is -0.611. The second kappa shape index (κ2) is 7.29. The lowest BCUT2D eigenvalue weighted by atomic mass is 10.1. The summed E-state index contributed by atoms with van der Waals surface area (Å²) < 4.78 is 7.10.